The van der Waals surface area contributed by atoms with Gasteiger partial charge in [-0.25, -0.2) is 0 Å². The summed E-state index contributed by atoms with van der Waals surface area (Å²) in [4.78, 5) is 0. The molecule has 0 aromatic carbocycles. The first kappa shape index (κ1) is 14.3. The Hall–Kier alpha value is -0.120. The first-order chi connectivity index (χ1) is 8.69. The Morgan fingerprint density at radius 2 is 1.83 bits per heavy atom. The number of nitrogens with one attached hydrogen (secondary N) is 1. The van der Waals surface area contributed by atoms with Crippen LogP contribution in [0.5, 0.6) is 0 Å². The summed E-state index contributed by atoms with van der Waals surface area (Å²) in [5.41, 5.74) is 6.22. The number of hydrogen-bond donors (Lipinski definition) is 3. The van der Waals surface area contributed by atoms with Gasteiger partial charge in [0.05, 0.1) is 0 Å². The average Bonchev–Trinajstić information content (AvgIpc) is 2.42. The Balaban J connectivity index is 1.96. The van der Waals surface area contributed by atoms with Gasteiger partial charge in [0.2, 0.25) is 0 Å². The third kappa shape index (κ3) is 3.25. The summed E-state index contributed by atoms with van der Waals surface area (Å²) >= 11 is 0. The zero-order chi connectivity index (χ0) is 13.0. The molecule has 0 heterocycles. The van der Waals surface area contributed by atoms with Crippen LogP contribution in [-0.2, 0) is 0 Å². The van der Waals surface area contributed by atoms with Crippen molar-refractivity contribution in [3.8, 4) is 0 Å². The van der Waals surface area contributed by atoms with Gasteiger partial charge in [0.25, 0.3) is 0 Å². The molecule has 0 aliphatic heterocycles. The third-order valence-corrected chi connectivity index (χ3v) is 5.26. The molecule has 0 radical (unpaired) electrons. The van der Waals surface area contributed by atoms with Crippen LogP contribution >= 0.6 is 0 Å². The van der Waals surface area contributed by atoms with Gasteiger partial charge in [-0.15, -0.1) is 0 Å². The highest BCUT2D eigenvalue weighted by atomic mass is 16.3. The van der Waals surface area contributed by atoms with Crippen LogP contribution in [0, 0.1) is 11.8 Å². The molecule has 2 unspecified atom stereocenters. The van der Waals surface area contributed by atoms with Crippen molar-refractivity contribution in [2.75, 3.05) is 13.2 Å². The van der Waals surface area contributed by atoms with Gasteiger partial charge >= 0.3 is 0 Å². The minimum atomic E-state index is 0.155. The SMILES string of the molecule is CC1CCC(CN)(NC2CCCCC2CO)CC1. The van der Waals surface area contributed by atoms with Gasteiger partial charge in [-0.2, -0.15) is 0 Å². The van der Waals surface area contributed by atoms with E-state index in [0.29, 0.717) is 18.6 Å². The third-order valence-electron chi connectivity index (χ3n) is 5.26. The predicted octanol–water partition coefficient (Wildman–Crippen LogP) is 2.03. The van der Waals surface area contributed by atoms with E-state index < -0.39 is 0 Å². The van der Waals surface area contributed by atoms with Crippen LogP contribution < -0.4 is 11.1 Å². The fraction of sp³-hybridized carbons (Fsp3) is 1.00. The van der Waals surface area contributed by atoms with Crippen LogP contribution in [-0.4, -0.2) is 29.8 Å². The molecule has 2 atom stereocenters. The van der Waals surface area contributed by atoms with Crippen molar-refractivity contribution >= 4 is 0 Å². The molecule has 0 amide bonds. The normalized spacial score (nSPS) is 41.8. The second-order valence-corrected chi connectivity index (χ2v) is 6.64. The standard InChI is InChI=1S/C15H30N2O/c1-12-6-8-15(11-16,9-7-12)17-14-5-3-2-4-13(14)10-18/h12-14,17-18H,2-11,16H2,1H3. The maximum Gasteiger partial charge on any atom is 0.0474 e. The van der Waals surface area contributed by atoms with Crippen LogP contribution in [0.4, 0.5) is 0 Å². The van der Waals surface area contributed by atoms with Gasteiger partial charge in [0.1, 0.15) is 0 Å². The first-order valence-corrected chi connectivity index (χ1v) is 7.78. The summed E-state index contributed by atoms with van der Waals surface area (Å²) in [5, 5.41) is 13.4. The zero-order valence-electron chi connectivity index (χ0n) is 11.8. The van der Waals surface area contributed by atoms with Gasteiger partial charge in [-0.1, -0.05) is 19.8 Å². The Morgan fingerprint density at radius 3 is 2.44 bits per heavy atom. The molecule has 2 fully saturated rings. The van der Waals surface area contributed by atoms with E-state index in [-0.39, 0.29) is 5.54 Å². The molecule has 0 saturated heterocycles. The molecule has 106 valence electrons. The van der Waals surface area contributed by atoms with Gasteiger partial charge in [-0.05, 0) is 50.4 Å². The summed E-state index contributed by atoms with van der Waals surface area (Å²) in [7, 11) is 0. The van der Waals surface area contributed by atoms with Crippen molar-refractivity contribution in [3.63, 3.8) is 0 Å². The lowest BCUT2D eigenvalue weighted by molar-refractivity contribution is 0.106. The van der Waals surface area contributed by atoms with E-state index in [2.05, 4.69) is 12.2 Å². The first-order valence-electron chi connectivity index (χ1n) is 7.78. The summed E-state index contributed by atoms with van der Waals surface area (Å²) in [6.45, 7) is 3.42. The highest BCUT2D eigenvalue weighted by Crippen LogP contribution is 2.34. The highest BCUT2D eigenvalue weighted by Gasteiger charge is 2.37. The molecule has 2 aliphatic carbocycles. The van der Waals surface area contributed by atoms with Crippen molar-refractivity contribution in [2.24, 2.45) is 17.6 Å². The number of rotatable bonds is 4. The molecule has 18 heavy (non-hydrogen) atoms. The Morgan fingerprint density at radius 1 is 1.17 bits per heavy atom. The Kier molecular flexibility index (Phi) is 5.05. The largest absolute Gasteiger partial charge is 0.396 e. The second-order valence-electron chi connectivity index (χ2n) is 6.64. The van der Waals surface area contributed by atoms with Crippen molar-refractivity contribution in [3.05, 3.63) is 0 Å². The number of aliphatic hydroxyl groups is 1. The summed E-state index contributed by atoms with van der Waals surface area (Å²) < 4.78 is 0. The molecule has 0 aromatic heterocycles. The van der Waals surface area contributed by atoms with Gasteiger partial charge in [-0.3, -0.25) is 0 Å². The lowest BCUT2D eigenvalue weighted by Gasteiger charge is -2.45. The molecule has 2 rings (SSSR count). The van der Waals surface area contributed by atoms with E-state index in [4.69, 9.17) is 5.73 Å². The fourth-order valence-corrected chi connectivity index (χ4v) is 3.73. The molecule has 0 spiro atoms. The number of nitrogens with two attached hydrogens (primary N) is 1. The Bertz CT molecular complexity index is 249. The molecule has 3 heteroatoms. The van der Waals surface area contributed by atoms with Crippen LogP contribution in [0.3, 0.4) is 0 Å². The zero-order valence-corrected chi connectivity index (χ0v) is 11.8. The average molecular weight is 254 g/mol. The van der Waals surface area contributed by atoms with E-state index in [9.17, 15) is 5.11 Å². The van der Waals surface area contributed by atoms with E-state index >= 15 is 0 Å². The topological polar surface area (TPSA) is 58.3 Å². The van der Waals surface area contributed by atoms with Crippen LogP contribution in [0.15, 0.2) is 0 Å². The van der Waals surface area contributed by atoms with E-state index in [1.165, 1.54) is 51.4 Å². The van der Waals surface area contributed by atoms with Crippen molar-refractivity contribution in [1.82, 2.24) is 5.32 Å². The predicted molar refractivity (Wildman–Crippen MR) is 75.4 cm³/mol. The molecule has 0 aromatic rings. The molecule has 2 aliphatic rings. The summed E-state index contributed by atoms with van der Waals surface area (Å²) in [6, 6.07) is 0.487. The molecule has 0 bridgehead atoms. The van der Waals surface area contributed by atoms with Gasteiger partial charge < -0.3 is 16.2 Å². The molecule has 3 nitrogen and oxygen atoms in total. The fourth-order valence-electron chi connectivity index (χ4n) is 3.73. The van der Waals surface area contributed by atoms with Crippen LogP contribution in [0.1, 0.15) is 58.3 Å². The van der Waals surface area contributed by atoms with Gasteiger partial charge in [0, 0.05) is 24.7 Å². The van der Waals surface area contributed by atoms with Crippen molar-refractivity contribution in [1.29, 1.82) is 0 Å². The molecule has 4 N–H and O–H groups in total. The van der Waals surface area contributed by atoms with Crippen LogP contribution in [0.25, 0.3) is 0 Å². The Labute approximate surface area is 112 Å². The minimum absolute atomic E-state index is 0.155. The maximum absolute atomic E-state index is 9.52. The second kappa shape index (κ2) is 6.36. The smallest absolute Gasteiger partial charge is 0.0474 e. The minimum Gasteiger partial charge on any atom is -0.396 e. The van der Waals surface area contributed by atoms with Crippen molar-refractivity contribution in [2.45, 2.75) is 69.9 Å². The van der Waals surface area contributed by atoms with Gasteiger partial charge in [0.15, 0.2) is 0 Å². The lowest BCUT2D eigenvalue weighted by Crippen LogP contribution is -2.59. The lowest BCUT2D eigenvalue weighted by atomic mass is 9.75. The number of hydrogen-bond acceptors (Lipinski definition) is 3. The molecular formula is C15H30N2O. The summed E-state index contributed by atoms with van der Waals surface area (Å²) in [6.07, 6.45) is 9.95. The monoisotopic (exact) mass is 254 g/mol. The number of aliphatic hydroxyl groups excluding tert-OH is 1. The molecular weight excluding hydrogens is 224 g/mol. The highest BCUT2D eigenvalue weighted by molar-refractivity contribution is 4.97. The van der Waals surface area contributed by atoms with E-state index in [1.807, 2.05) is 0 Å². The maximum atomic E-state index is 9.52. The van der Waals surface area contributed by atoms with Crippen LogP contribution in [0.2, 0.25) is 0 Å². The summed E-state index contributed by atoms with van der Waals surface area (Å²) in [5.74, 6) is 1.30. The van der Waals surface area contributed by atoms with Crippen molar-refractivity contribution < 1.29 is 5.11 Å². The van der Waals surface area contributed by atoms with E-state index in [1.54, 1.807) is 0 Å². The molecule has 2 saturated carbocycles. The quantitative estimate of drug-likeness (QED) is 0.719. The van der Waals surface area contributed by atoms with E-state index in [0.717, 1.165) is 12.5 Å².